The molecule has 4 rings (SSSR count). The molecule has 2 aromatic carbocycles. The van der Waals surface area contributed by atoms with Gasteiger partial charge in [0.1, 0.15) is 18.0 Å². The molecule has 0 aliphatic rings. The van der Waals surface area contributed by atoms with Crippen molar-refractivity contribution < 1.29 is 4.39 Å². The summed E-state index contributed by atoms with van der Waals surface area (Å²) in [4.78, 5) is 8.65. The summed E-state index contributed by atoms with van der Waals surface area (Å²) in [6, 6.07) is 12.4. The Balaban J connectivity index is 1.80. The number of aryl methyl sites for hydroxylation is 2. The first-order chi connectivity index (χ1) is 12.1. The highest BCUT2D eigenvalue weighted by Crippen LogP contribution is 2.26. The molecule has 124 valence electrons. The van der Waals surface area contributed by atoms with Crippen molar-refractivity contribution in [3.8, 4) is 5.69 Å². The number of anilines is 2. The van der Waals surface area contributed by atoms with E-state index in [9.17, 15) is 4.39 Å². The molecule has 0 amide bonds. The third-order valence-electron chi connectivity index (χ3n) is 4.03. The van der Waals surface area contributed by atoms with Crippen LogP contribution in [0.4, 0.5) is 15.9 Å². The highest BCUT2D eigenvalue weighted by atomic mass is 19.1. The van der Waals surface area contributed by atoms with E-state index in [2.05, 4.69) is 33.4 Å². The van der Waals surface area contributed by atoms with Crippen molar-refractivity contribution in [1.29, 1.82) is 0 Å². The fourth-order valence-electron chi connectivity index (χ4n) is 2.87. The molecule has 0 radical (unpaired) electrons. The topological polar surface area (TPSA) is 55.6 Å². The van der Waals surface area contributed by atoms with Crippen LogP contribution in [0.15, 0.2) is 55.0 Å². The normalized spacial score (nSPS) is 11.0. The van der Waals surface area contributed by atoms with Gasteiger partial charge in [-0.15, -0.1) is 0 Å². The van der Waals surface area contributed by atoms with E-state index < -0.39 is 0 Å². The molecule has 0 aliphatic carbocycles. The van der Waals surface area contributed by atoms with Gasteiger partial charge in [-0.2, -0.15) is 5.10 Å². The van der Waals surface area contributed by atoms with Crippen LogP contribution in [0.1, 0.15) is 11.1 Å². The third-order valence-corrected chi connectivity index (χ3v) is 4.03. The Bertz CT molecular complexity index is 1070. The Morgan fingerprint density at radius 1 is 1.04 bits per heavy atom. The fourth-order valence-corrected chi connectivity index (χ4v) is 2.87. The lowest BCUT2D eigenvalue weighted by Crippen LogP contribution is -2.01. The predicted molar refractivity (Wildman–Crippen MR) is 95.8 cm³/mol. The first kappa shape index (κ1) is 15.3. The fraction of sp³-hybridized carbons (Fsp3) is 0.105. The minimum Gasteiger partial charge on any atom is -0.339 e. The van der Waals surface area contributed by atoms with Crippen molar-refractivity contribution in [3.63, 3.8) is 0 Å². The lowest BCUT2D eigenvalue weighted by molar-refractivity contribution is 0.628. The van der Waals surface area contributed by atoms with Crippen LogP contribution < -0.4 is 5.32 Å². The van der Waals surface area contributed by atoms with Crippen molar-refractivity contribution >= 4 is 22.5 Å². The number of nitrogens with one attached hydrogen (secondary N) is 1. The van der Waals surface area contributed by atoms with Crippen LogP contribution in [0.3, 0.4) is 0 Å². The zero-order chi connectivity index (χ0) is 17.4. The van der Waals surface area contributed by atoms with Crippen LogP contribution in [0.5, 0.6) is 0 Å². The van der Waals surface area contributed by atoms with Crippen molar-refractivity contribution in [2.45, 2.75) is 13.8 Å². The molecular weight excluding hydrogens is 317 g/mol. The number of halogens is 1. The van der Waals surface area contributed by atoms with Gasteiger partial charge in [0.2, 0.25) is 0 Å². The molecule has 0 bridgehead atoms. The maximum atomic E-state index is 13.4. The van der Waals surface area contributed by atoms with Gasteiger partial charge in [0.15, 0.2) is 5.65 Å². The number of fused-ring (bicyclic) bond motifs is 1. The zero-order valence-corrected chi connectivity index (χ0v) is 13.9. The first-order valence-electron chi connectivity index (χ1n) is 7.91. The summed E-state index contributed by atoms with van der Waals surface area (Å²) in [5, 5.41) is 8.38. The molecule has 0 saturated carbocycles. The van der Waals surface area contributed by atoms with Gasteiger partial charge in [-0.25, -0.2) is 19.0 Å². The number of aromatic nitrogens is 4. The van der Waals surface area contributed by atoms with Gasteiger partial charge >= 0.3 is 0 Å². The summed E-state index contributed by atoms with van der Waals surface area (Å²) in [6.45, 7) is 4.10. The summed E-state index contributed by atoms with van der Waals surface area (Å²) >= 11 is 0. The lowest BCUT2D eigenvalue weighted by atomic mass is 10.1. The molecule has 0 aliphatic heterocycles. The highest BCUT2D eigenvalue weighted by molar-refractivity contribution is 5.89. The predicted octanol–water partition coefficient (Wildman–Crippen LogP) is 4.32. The quantitative estimate of drug-likeness (QED) is 0.607. The smallest absolute Gasteiger partial charge is 0.168 e. The number of rotatable bonds is 3. The number of hydrogen-bond acceptors (Lipinski definition) is 4. The van der Waals surface area contributed by atoms with E-state index in [1.165, 1.54) is 24.0 Å². The molecular formula is C19H16FN5. The number of benzene rings is 2. The second-order valence-corrected chi connectivity index (χ2v) is 5.94. The SMILES string of the molecule is Cc1ccc(-n2ncc3c(Nc4cccc(F)c4)ncnc32)c(C)c1. The largest absolute Gasteiger partial charge is 0.339 e. The molecule has 2 heterocycles. The first-order valence-corrected chi connectivity index (χ1v) is 7.91. The molecule has 0 atom stereocenters. The van der Waals surface area contributed by atoms with Gasteiger partial charge in [-0.3, -0.25) is 0 Å². The summed E-state index contributed by atoms with van der Waals surface area (Å²) in [7, 11) is 0. The Hall–Kier alpha value is -3.28. The van der Waals surface area contributed by atoms with E-state index in [1.54, 1.807) is 23.0 Å². The molecule has 1 N–H and O–H groups in total. The molecule has 0 unspecified atom stereocenters. The number of nitrogens with zero attached hydrogens (tertiary/aromatic N) is 4. The molecule has 6 heteroatoms. The monoisotopic (exact) mass is 333 g/mol. The molecule has 5 nitrogen and oxygen atoms in total. The summed E-state index contributed by atoms with van der Waals surface area (Å²) < 4.78 is 15.2. The highest BCUT2D eigenvalue weighted by Gasteiger charge is 2.13. The van der Waals surface area contributed by atoms with Crippen LogP contribution >= 0.6 is 0 Å². The van der Waals surface area contributed by atoms with E-state index in [-0.39, 0.29) is 5.82 Å². The molecule has 0 saturated heterocycles. The average molecular weight is 333 g/mol. The van der Waals surface area contributed by atoms with Crippen molar-refractivity contribution in [2.75, 3.05) is 5.32 Å². The Labute approximate surface area is 144 Å². The zero-order valence-electron chi connectivity index (χ0n) is 13.9. The average Bonchev–Trinajstić information content (AvgIpc) is 3.00. The van der Waals surface area contributed by atoms with Crippen LogP contribution in [0, 0.1) is 19.7 Å². The molecule has 2 aromatic heterocycles. The van der Waals surface area contributed by atoms with Gasteiger partial charge in [0, 0.05) is 5.69 Å². The minimum absolute atomic E-state index is 0.304. The van der Waals surface area contributed by atoms with Crippen molar-refractivity contribution in [1.82, 2.24) is 19.7 Å². The maximum Gasteiger partial charge on any atom is 0.168 e. The lowest BCUT2D eigenvalue weighted by Gasteiger charge is -2.09. The van der Waals surface area contributed by atoms with Gasteiger partial charge in [-0.1, -0.05) is 23.8 Å². The van der Waals surface area contributed by atoms with E-state index in [1.807, 2.05) is 19.1 Å². The Morgan fingerprint density at radius 3 is 2.72 bits per heavy atom. The third kappa shape index (κ3) is 2.82. The summed E-state index contributed by atoms with van der Waals surface area (Å²) in [5.74, 6) is 0.285. The van der Waals surface area contributed by atoms with Crippen LogP contribution in [-0.4, -0.2) is 19.7 Å². The number of hydrogen-bond donors (Lipinski definition) is 1. The molecule has 25 heavy (non-hydrogen) atoms. The summed E-state index contributed by atoms with van der Waals surface area (Å²) in [6.07, 6.45) is 3.20. The van der Waals surface area contributed by atoms with Crippen LogP contribution in [-0.2, 0) is 0 Å². The van der Waals surface area contributed by atoms with Gasteiger partial charge < -0.3 is 5.32 Å². The van der Waals surface area contributed by atoms with E-state index in [4.69, 9.17) is 0 Å². The van der Waals surface area contributed by atoms with E-state index in [0.717, 1.165) is 16.6 Å². The summed E-state index contributed by atoms with van der Waals surface area (Å²) in [5.41, 5.74) is 4.60. The van der Waals surface area contributed by atoms with Crippen LogP contribution in [0.25, 0.3) is 16.7 Å². The Kier molecular flexibility index (Phi) is 3.65. The van der Waals surface area contributed by atoms with E-state index >= 15 is 0 Å². The second-order valence-electron chi connectivity index (χ2n) is 5.94. The molecule has 4 aromatic rings. The molecule has 0 spiro atoms. The van der Waals surface area contributed by atoms with Crippen molar-refractivity contribution in [3.05, 3.63) is 71.9 Å². The Morgan fingerprint density at radius 2 is 1.92 bits per heavy atom. The van der Waals surface area contributed by atoms with Crippen molar-refractivity contribution in [2.24, 2.45) is 0 Å². The van der Waals surface area contributed by atoms with Gasteiger partial charge in [-0.05, 0) is 43.7 Å². The van der Waals surface area contributed by atoms with Gasteiger partial charge in [0.05, 0.1) is 17.3 Å². The second kappa shape index (κ2) is 5.98. The van der Waals surface area contributed by atoms with Crippen LogP contribution in [0.2, 0.25) is 0 Å². The van der Waals surface area contributed by atoms with E-state index in [0.29, 0.717) is 17.2 Å². The van der Waals surface area contributed by atoms with Gasteiger partial charge in [0.25, 0.3) is 0 Å². The standard InChI is InChI=1S/C19H16FN5/c1-12-6-7-17(13(2)8-12)25-19-16(10-23-25)18(21-11-22-19)24-15-5-3-4-14(20)9-15/h3-11H,1-2H3,(H,21,22,24). The molecule has 0 fully saturated rings. The maximum absolute atomic E-state index is 13.4. The minimum atomic E-state index is -0.304.